The van der Waals surface area contributed by atoms with Crippen molar-refractivity contribution in [3.63, 3.8) is 0 Å². The lowest BCUT2D eigenvalue weighted by atomic mass is 10.4. The Kier molecular flexibility index (Phi) is 4.05. The van der Waals surface area contributed by atoms with Crippen LogP contribution in [-0.2, 0) is 29.1 Å². The number of rotatable bonds is 7. The van der Waals surface area contributed by atoms with Gasteiger partial charge in [0.1, 0.15) is 0 Å². The van der Waals surface area contributed by atoms with Gasteiger partial charge in [0.05, 0.1) is 38.5 Å². The van der Waals surface area contributed by atoms with Crippen LogP contribution in [0.1, 0.15) is 6.42 Å². The number of hydrogen-bond acceptors (Lipinski definition) is 6. The molecule has 2 aliphatic heterocycles. The second-order valence-corrected chi connectivity index (χ2v) is 5.66. The van der Waals surface area contributed by atoms with Crippen LogP contribution in [0.5, 0.6) is 0 Å². The van der Waals surface area contributed by atoms with Gasteiger partial charge in [-0.2, -0.15) is 12.6 Å². The van der Waals surface area contributed by atoms with Crippen molar-refractivity contribution in [2.24, 2.45) is 0 Å². The minimum absolute atomic E-state index is 0.114. The lowest BCUT2D eigenvalue weighted by molar-refractivity contribution is 0.340. The van der Waals surface area contributed by atoms with Crippen LogP contribution in [-0.4, -0.2) is 44.9 Å². The highest BCUT2D eigenvalue weighted by Crippen LogP contribution is 2.10. The zero-order chi connectivity index (χ0) is 15.0. The van der Waals surface area contributed by atoms with Gasteiger partial charge in [0.2, 0.25) is 0 Å². The number of epoxide rings is 2. The Morgan fingerprint density at radius 1 is 0.905 bits per heavy atom. The molecule has 2 fully saturated rings. The molecule has 0 aromatic carbocycles. The monoisotopic (exact) mass is 315 g/mol. The van der Waals surface area contributed by atoms with Crippen molar-refractivity contribution < 1.29 is 9.47 Å². The molecule has 0 aliphatic carbocycles. The molecule has 116 valence electrons. The maximum atomic E-state index is 12.3. The van der Waals surface area contributed by atoms with Gasteiger partial charge in [-0.15, -0.1) is 0 Å². The van der Waals surface area contributed by atoms with Gasteiger partial charge in [-0.05, 0) is 12.2 Å². The molecular weight excluding hydrogens is 298 g/mol. The minimum Gasteiger partial charge on any atom is -0.371 e. The topological polar surface area (TPSA) is 91.1 Å². The molecule has 0 N–H and O–H groups in total. The molecular formula is C12H17N3O5S. The molecule has 8 nitrogen and oxygen atoms in total. The molecule has 1 aromatic heterocycles. The van der Waals surface area contributed by atoms with Gasteiger partial charge < -0.3 is 9.47 Å². The largest absolute Gasteiger partial charge is 0.371 e. The van der Waals surface area contributed by atoms with E-state index in [1.807, 2.05) is 0 Å². The summed E-state index contributed by atoms with van der Waals surface area (Å²) >= 11 is 4.09. The van der Waals surface area contributed by atoms with E-state index in [0.717, 1.165) is 13.7 Å². The first kappa shape index (κ1) is 14.6. The molecule has 21 heavy (non-hydrogen) atoms. The average Bonchev–Trinajstić information content (AvgIpc) is 3.35. The molecule has 1 aromatic rings. The van der Waals surface area contributed by atoms with Crippen LogP contribution in [0.2, 0.25) is 0 Å². The summed E-state index contributed by atoms with van der Waals surface area (Å²) in [6, 6.07) is 0. The standard InChI is InChI=1S/C12H17N3O5S/c16-10-13(2-1-3-21)11(17)15(5-9-7-20-9)12(18)14(10)4-8-6-19-8/h8-9,21H,1-7H2. The maximum absolute atomic E-state index is 12.3. The highest BCUT2D eigenvalue weighted by molar-refractivity contribution is 7.80. The fraction of sp³-hybridized carbons (Fsp3) is 0.750. The lowest BCUT2D eigenvalue weighted by Crippen LogP contribution is -2.55. The van der Waals surface area contributed by atoms with E-state index in [1.165, 1.54) is 0 Å². The summed E-state index contributed by atoms with van der Waals surface area (Å²) in [5.74, 6) is 0.558. The molecule has 2 saturated heterocycles. The summed E-state index contributed by atoms with van der Waals surface area (Å²) in [7, 11) is 0. The Morgan fingerprint density at radius 2 is 1.33 bits per heavy atom. The molecule has 9 heteroatoms. The van der Waals surface area contributed by atoms with Gasteiger partial charge in [-0.1, -0.05) is 0 Å². The highest BCUT2D eigenvalue weighted by Gasteiger charge is 2.29. The molecule has 0 radical (unpaired) electrons. The fourth-order valence-corrected chi connectivity index (χ4v) is 2.31. The Morgan fingerprint density at radius 3 is 1.71 bits per heavy atom. The smallest absolute Gasteiger partial charge is 0.336 e. The van der Waals surface area contributed by atoms with E-state index >= 15 is 0 Å². The minimum atomic E-state index is -0.585. The quantitative estimate of drug-likeness (QED) is 0.478. The van der Waals surface area contributed by atoms with E-state index in [0.29, 0.717) is 25.4 Å². The van der Waals surface area contributed by atoms with Crippen LogP contribution in [0.3, 0.4) is 0 Å². The molecule has 2 aliphatic rings. The summed E-state index contributed by atoms with van der Waals surface area (Å²) in [6.07, 6.45) is 0.352. The highest BCUT2D eigenvalue weighted by atomic mass is 32.1. The average molecular weight is 315 g/mol. The molecule has 3 rings (SSSR count). The summed E-state index contributed by atoms with van der Waals surface area (Å²) in [5, 5.41) is 0. The molecule has 0 spiro atoms. The predicted molar refractivity (Wildman–Crippen MR) is 77.2 cm³/mol. The van der Waals surface area contributed by atoms with Crippen molar-refractivity contribution >= 4 is 12.6 Å². The van der Waals surface area contributed by atoms with Gasteiger partial charge >= 0.3 is 17.1 Å². The molecule has 2 unspecified atom stereocenters. The lowest BCUT2D eigenvalue weighted by Gasteiger charge is -2.12. The molecule has 3 heterocycles. The van der Waals surface area contributed by atoms with Crippen LogP contribution < -0.4 is 17.1 Å². The van der Waals surface area contributed by atoms with Crippen molar-refractivity contribution in [1.29, 1.82) is 0 Å². The zero-order valence-corrected chi connectivity index (χ0v) is 12.3. The Bertz CT molecular complexity index is 646. The van der Waals surface area contributed by atoms with Crippen LogP contribution in [0.4, 0.5) is 0 Å². The van der Waals surface area contributed by atoms with E-state index in [1.54, 1.807) is 0 Å². The van der Waals surface area contributed by atoms with Crippen LogP contribution in [0, 0.1) is 0 Å². The number of aromatic nitrogens is 3. The van der Waals surface area contributed by atoms with E-state index < -0.39 is 17.1 Å². The van der Waals surface area contributed by atoms with Crippen molar-refractivity contribution in [3.8, 4) is 0 Å². The van der Waals surface area contributed by atoms with E-state index in [4.69, 9.17) is 9.47 Å². The second-order valence-electron chi connectivity index (χ2n) is 5.21. The van der Waals surface area contributed by atoms with Crippen molar-refractivity contribution in [2.45, 2.75) is 38.3 Å². The number of thiol groups is 1. The van der Waals surface area contributed by atoms with E-state index in [9.17, 15) is 14.4 Å². The summed E-state index contributed by atoms with van der Waals surface area (Å²) < 4.78 is 13.4. The third-order valence-electron chi connectivity index (χ3n) is 3.50. The van der Waals surface area contributed by atoms with Crippen molar-refractivity contribution in [1.82, 2.24) is 13.7 Å². The number of hydrogen-bond donors (Lipinski definition) is 1. The van der Waals surface area contributed by atoms with Crippen molar-refractivity contribution in [3.05, 3.63) is 31.5 Å². The zero-order valence-electron chi connectivity index (χ0n) is 11.4. The van der Waals surface area contributed by atoms with Gasteiger partial charge in [-0.25, -0.2) is 28.1 Å². The maximum Gasteiger partial charge on any atom is 0.336 e. The van der Waals surface area contributed by atoms with Crippen molar-refractivity contribution in [2.75, 3.05) is 19.0 Å². The first-order valence-corrected chi connectivity index (χ1v) is 7.53. The van der Waals surface area contributed by atoms with Crippen LogP contribution >= 0.6 is 12.6 Å². The van der Waals surface area contributed by atoms with Crippen LogP contribution in [0.25, 0.3) is 0 Å². The first-order chi connectivity index (χ1) is 10.1. The SMILES string of the molecule is O=c1n(CCCS)c(=O)n(CC2CO2)c(=O)n1CC1CO1. The molecule has 0 saturated carbocycles. The third-order valence-corrected chi connectivity index (χ3v) is 3.82. The van der Waals surface area contributed by atoms with Gasteiger partial charge in [0.25, 0.3) is 0 Å². The fourth-order valence-electron chi connectivity index (χ4n) is 2.17. The summed E-state index contributed by atoms with van der Waals surface area (Å²) in [4.78, 5) is 37.0. The predicted octanol–water partition coefficient (Wildman–Crippen LogP) is -1.71. The van der Waals surface area contributed by atoms with Gasteiger partial charge in [0, 0.05) is 6.54 Å². The second kappa shape index (κ2) is 5.82. The molecule has 0 amide bonds. The Labute approximate surface area is 125 Å². The van der Waals surface area contributed by atoms with E-state index in [2.05, 4.69) is 12.6 Å². The Hall–Kier alpha value is -1.32. The van der Waals surface area contributed by atoms with Crippen LogP contribution in [0.15, 0.2) is 14.4 Å². The third kappa shape index (κ3) is 3.14. The molecule has 0 bridgehead atoms. The van der Waals surface area contributed by atoms with E-state index in [-0.39, 0.29) is 31.8 Å². The Balaban J connectivity index is 2.06. The van der Waals surface area contributed by atoms with Gasteiger partial charge in [-0.3, -0.25) is 0 Å². The first-order valence-electron chi connectivity index (χ1n) is 6.90. The number of ether oxygens (including phenoxy) is 2. The normalized spacial score (nSPS) is 23.3. The number of nitrogens with zero attached hydrogens (tertiary/aromatic N) is 3. The summed E-state index contributed by atoms with van der Waals surface area (Å²) in [6.45, 7) is 1.69. The van der Waals surface area contributed by atoms with Gasteiger partial charge in [0.15, 0.2) is 0 Å². The summed E-state index contributed by atoms with van der Waals surface area (Å²) in [5.41, 5.74) is -1.73. The molecule has 2 atom stereocenters.